The van der Waals surface area contributed by atoms with Crippen LogP contribution in [0.4, 0.5) is 5.00 Å². The molecule has 3 aromatic rings. The summed E-state index contributed by atoms with van der Waals surface area (Å²) in [6.07, 6.45) is 3.73. The average molecular weight is 594 g/mol. The number of carbonyl (C=O) groups excluding carboxylic acids is 4. The summed E-state index contributed by atoms with van der Waals surface area (Å²) in [4.78, 5) is 51.3. The zero-order chi connectivity index (χ0) is 30.2. The summed E-state index contributed by atoms with van der Waals surface area (Å²) >= 11 is 1.29. The standard InChI is InChI=1S/C30H31N3O8S/c1-5-40-30(37)25-21-12-6-17(2)14-24(21)42-28(25)32-26(34)27(35)33-31-16-18-7-13-22(23(15-18)39-4)41-29(36)19-8-10-20(38-3)11-9-19/h7-11,13,15-17H,5-6,12,14H2,1-4H3,(H,32,34)(H,33,35)/b31-16-/t17-/m1/s1. The number of hydrogen-bond acceptors (Lipinski definition) is 10. The summed E-state index contributed by atoms with van der Waals surface area (Å²) in [5.41, 5.74) is 4.20. The van der Waals surface area contributed by atoms with Crippen molar-refractivity contribution in [2.75, 3.05) is 26.1 Å². The van der Waals surface area contributed by atoms with Crippen molar-refractivity contribution >= 4 is 46.3 Å². The molecule has 11 nitrogen and oxygen atoms in total. The fourth-order valence-electron chi connectivity index (χ4n) is 4.37. The number of nitrogens with zero attached hydrogens (tertiary/aromatic N) is 1. The Kier molecular flexibility index (Phi) is 9.92. The number of hydrazone groups is 1. The van der Waals surface area contributed by atoms with Gasteiger partial charge in [-0.1, -0.05) is 6.92 Å². The Morgan fingerprint density at radius 3 is 2.45 bits per heavy atom. The van der Waals surface area contributed by atoms with E-state index in [4.69, 9.17) is 18.9 Å². The van der Waals surface area contributed by atoms with E-state index in [1.165, 1.54) is 37.8 Å². The molecule has 0 radical (unpaired) electrons. The van der Waals surface area contributed by atoms with Crippen LogP contribution in [0.1, 0.15) is 57.0 Å². The topological polar surface area (TPSA) is 142 Å². The van der Waals surface area contributed by atoms with Crippen LogP contribution < -0.4 is 25.0 Å². The maximum atomic E-state index is 12.7. The Morgan fingerprint density at radius 1 is 1.00 bits per heavy atom. The molecule has 1 aliphatic carbocycles. The third-order valence-electron chi connectivity index (χ3n) is 6.52. The van der Waals surface area contributed by atoms with Gasteiger partial charge in [0.2, 0.25) is 0 Å². The van der Waals surface area contributed by atoms with E-state index in [1.807, 2.05) is 0 Å². The van der Waals surface area contributed by atoms with Gasteiger partial charge in [0.05, 0.1) is 38.2 Å². The molecule has 0 saturated carbocycles. The van der Waals surface area contributed by atoms with Gasteiger partial charge in [-0.05, 0) is 85.7 Å². The van der Waals surface area contributed by atoms with Crippen molar-refractivity contribution in [2.24, 2.45) is 11.0 Å². The van der Waals surface area contributed by atoms with Crippen molar-refractivity contribution in [3.8, 4) is 17.2 Å². The second kappa shape index (κ2) is 13.8. The van der Waals surface area contributed by atoms with Crippen molar-refractivity contribution in [1.29, 1.82) is 0 Å². The first-order valence-corrected chi connectivity index (χ1v) is 14.1. The average Bonchev–Trinajstić information content (AvgIpc) is 3.34. The maximum Gasteiger partial charge on any atom is 0.343 e. The van der Waals surface area contributed by atoms with E-state index in [-0.39, 0.29) is 18.1 Å². The zero-order valence-corrected chi connectivity index (χ0v) is 24.5. The number of carbonyl (C=O) groups is 4. The molecule has 2 aromatic carbocycles. The molecule has 0 fully saturated rings. The first-order chi connectivity index (χ1) is 20.2. The number of rotatable bonds is 9. The SMILES string of the molecule is CCOC(=O)c1c(NC(=O)C(=O)N/N=C\c2ccc(OC(=O)c3ccc(OC)cc3)c(OC)c2)sc2c1CC[C@@H](C)C2. The van der Waals surface area contributed by atoms with Crippen molar-refractivity contribution in [3.05, 3.63) is 69.6 Å². The summed E-state index contributed by atoms with van der Waals surface area (Å²) in [5.74, 6) is -1.58. The highest BCUT2D eigenvalue weighted by Crippen LogP contribution is 2.40. The predicted octanol–water partition coefficient (Wildman–Crippen LogP) is 4.37. The monoisotopic (exact) mass is 593 g/mol. The van der Waals surface area contributed by atoms with Gasteiger partial charge in [0, 0.05) is 4.88 Å². The minimum Gasteiger partial charge on any atom is -0.497 e. The van der Waals surface area contributed by atoms with Crippen LogP contribution in [0.3, 0.4) is 0 Å². The number of anilines is 1. The Bertz CT molecular complexity index is 1510. The smallest absolute Gasteiger partial charge is 0.343 e. The molecule has 1 heterocycles. The largest absolute Gasteiger partial charge is 0.497 e. The van der Waals surface area contributed by atoms with Crippen LogP contribution in [0.25, 0.3) is 0 Å². The van der Waals surface area contributed by atoms with Gasteiger partial charge in [-0.15, -0.1) is 11.3 Å². The van der Waals surface area contributed by atoms with Gasteiger partial charge in [0.25, 0.3) is 0 Å². The van der Waals surface area contributed by atoms with Crippen LogP contribution in [0.2, 0.25) is 0 Å². The summed E-state index contributed by atoms with van der Waals surface area (Å²) in [7, 11) is 2.95. The quantitative estimate of drug-likeness (QED) is 0.122. The number of esters is 2. The molecule has 1 atom stereocenters. The van der Waals surface area contributed by atoms with Crippen LogP contribution in [-0.2, 0) is 27.2 Å². The van der Waals surface area contributed by atoms with Gasteiger partial charge in [0.15, 0.2) is 11.5 Å². The summed E-state index contributed by atoms with van der Waals surface area (Å²) in [6, 6.07) is 11.1. The minimum absolute atomic E-state index is 0.185. The molecule has 0 unspecified atom stereocenters. The van der Waals surface area contributed by atoms with Gasteiger partial charge in [-0.3, -0.25) is 9.59 Å². The van der Waals surface area contributed by atoms with Crippen LogP contribution in [-0.4, -0.2) is 50.8 Å². The van der Waals surface area contributed by atoms with Gasteiger partial charge >= 0.3 is 23.8 Å². The molecular formula is C30H31N3O8S. The highest BCUT2D eigenvalue weighted by Gasteiger charge is 2.30. The molecule has 220 valence electrons. The van der Waals surface area contributed by atoms with Crippen LogP contribution in [0, 0.1) is 5.92 Å². The van der Waals surface area contributed by atoms with Crippen LogP contribution in [0.15, 0.2) is 47.6 Å². The van der Waals surface area contributed by atoms with E-state index in [1.54, 1.807) is 43.3 Å². The van der Waals surface area contributed by atoms with E-state index in [0.717, 1.165) is 23.3 Å². The van der Waals surface area contributed by atoms with E-state index in [2.05, 4.69) is 22.8 Å². The molecule has 0 bridgehead atoms. The molecule has 0 aliphatic heterocycles. The molecule has 0 saturated heterocycles. The lowest BCUT2D eigenvalue weighted by Gasteiger charge is -2.18. The molecule has 42 heavy (non-hydrogen) atoms. The molecule has 1 aliphatic rings. The van der Waals surface area contributed by atoms with Gasteiger partial charge in [-0.25, -0.2) is 15.0 Å². The van der Waals surface area contributed by atoms with Gasteiger partial charge in [0.1, 0.15) is 10.8 Å². The van der Waals surface area contributed by atoms with E-state index in [0.29, 0.717) is 39.8 Å². The second-order valence-electron chi connectivity index (χ2n) is 9.46. The molecule has 2 N–H and O–H groups in total. The summed E-state index contributed by atoms with van der Waals surface area (Å²) in [5, 5.41) is 6.69. The maximum absolute atomic E-state index is 12.7. The Labute approximate surface area is 246 Å². The molecule has 2 amide bonds. The van der Waals surface area contributed by atoms with Gasteiger partial charge in [-0.2, -0.15) is 5.10 Å². The second-order valence-corrected chi connectivity index (χ2v) is 10.6. The summed E-state index contributed by atoms with van der Waals surface area (Å²) < 4.78 is 21.1. The molecule has 4 rings (SSSR count). The highest BCUT2D eigenvalue weighted by molar-refractivity contribution is 7.17. The molecular weight excluding hydrogens is 562 g/mol. The third-order valence-corrected chi connectivity index (χ3v) is 7.69. The van der Waals surface area contributed by atoms with Crippen LogP contribution >= 0.6 is 11.3 Å². The van der Waals surface area contributed by atoms with Crippen molar-refractivity contribution < 1.29 is 38.1 Å². The van der Waals surface area contributed by atoms with Crippen molar-refractivity contribution in [1.82, 2.24) is 5.43 Å². The Morgan fingerprint density at radius 2 is 1.76 bits per heavy atom. The van der Waals surface area contributed by atoms with E-state index < -0.39 is 23.8 Å². The van der Waals surface area contributed by atoms with E-state index in [9.17, 15) is 19.2 Å². The zero-order valence-electron chi connectivity index (χ0n) is 23.6. The number of ether oxygens (including phenoxy) is 4. The lowest BCUT2D eigenvalue weighted by atomic mass is 9.88. The van der Waals surface area contributed by atoms with Crippen LogP contribution in [0.5, 0.6) is 17.2 Å². The molecule has 1 aromatic heterocycles. The fraction of sp³-hybridized carbons (Fsp3) is 0.300. The first kappa shape index (κ1) is 30.3. The Balaban J connectivity index is 1.39. The van der Waals surface area contributed by atoms with Crippen molar-refractivity contribution in [3.63, 3.8) is 0 Å². The lowest BCUT2D eigenvalue weighted by molar-refractivity contribution is -0.136. The number of amides is 2. The number of benzene rings is 2. The van der Waals surface area contributed by atoms with Gasteiger partial charge < -0.3 is 24.3 Å². The predicted molar refractivity (Wildman–Crippen MR) is 157 cm³/mol. The lowest BCUT2D eigenvalue weighted by Crippen LogP contribution is -2.32. The number of methoxy groups -OCH3 is 2. The number of nitrogens with one attached hydrogen (secondary N) is 2. The molecule has 0 spiro atoms. The summed E-state index contributed by atoms with van der Waals surface area (Å²) in [6.45, 7) is 4.04. The van der Waals surface area contributed by atoms with E-state index >= 15 is 0 Å². The number of fused-ring (bicyclic) bond motifs is 1. The normalized spacial score (nSPS) is 14.0. The number of hydrogen-bond donors (Lipinski definition) is 2. The fourth-order valence-corrected chi connectivity index (χ4v) is 5.76. The molecule has 12 heteroatoms. The van der Waals surface area contributed by atoms with Crippen molar-refractivity contribution in [2.45, 2.75) is 33.1 Å². The Hall–Kier alpha value is -4.71. The highest BCUT2D eigenvalue weighted by atomic mass is 32.1. The number of thiophene rings is 1. The minimum atomic E-state index is -1.02. The first-order valence-electron chi connectivity index (χ1n) is 13.2. The third kappa shape index (κ3) is 7.13.